The Morgan fingerprint density at radius 2 is 1.78 bits per heavy atom. The predicted molar refractivity (Wildman–Crippen MR) is 102 cm³/mol. The number of rotatable bonds is 4. The number of hydrogen-bond donors (Lipinski definition) is 2. The van der Waals surface area contributed by atoms with Gasteiger partial charge in [-0.25, -0.2) is 4.79 Å². The molecule has 6 nitrogen and oxygen atoms in total. The van der Waals surface area contributed by atoms with Crippen LogP contribution in [0, 0.1) is 6.92 Å². The first-order valence-corrected chi connectivity index (χ1v) is 8.97. The Morgan fingerprint density at radius 3 is 2.52 bits per heavy atom. The largest absolute Gasteiger partial charge is 0.480 e. The quantitative estimate of drug-likeness (QED) is 0.869. The summed E-state index contributed by atoms with van der Waals surface area (Å²) in [7, 11) is 0. The van der Waals surface area contributed by atoms with Gasteiger partial charge in [0.25, 0.3) is 11.8 Å². The van der Waals surface area contributed by atoms with E-state index in [4.69, 9.17) is 0 Å². The molecule has 1 aliphatic heterocycles. The number of carboxylic acids is 1. The third kappa shape index (κ3) is 4.34. The topological polar surface area (TPSA) is 86.7 Å². The number of piperidine rings is 1. The number of nitrogens with one attached hydrogen (secondary N) is 1. The lowest BCUT2D eigenvalue weighted by Gasteiger charge is -2.33. The van der Waals surface area contributed by atoms with E-state index in [0.717, 1.165) is 18.4 Å². The maximum atomic E-state index is 12.8. The van der Waals surface area contributed by atoms with Crippen LogP contribution in [-0.4, -0.2) is 40.4 Å². The van der Waals surface area contributed by atoms with Crippen LogP contribution in [0.5, 0.6) is 0 Å². The van der Waals surface area contributed by atoms with Gasteiger partial charge in [-0.1, -0.05) is 23.8 Å². The normalized spacial score (nSPS) is 16.6. The van der Waals surface area contributed by atoms with Crippen LogP contribution in [0.4, 0.5) is 5.69 Å². The molecule has 0 spiro atoms. The summed E-state index contributed by atoms with van der Waals surface area (Å²) < 4.78 is 0. The third-order valence-electron chi connectivity index (χ3n) is 4.70. The molecule has 2 amide bonds. The van der Waals surface area contributed by atoms with Crippen molar-refractivity contribution < 1.29 is 19.5 Å². The van der Waals surface area contributed by atoms with Crippen LogP contribution in [0.1, 0.15) is 45.5 Å². The van der Waals surface area contributed by atoms with Crippen LogP contribution in [0.25, 0.3) is 0 Å². The lowest BCUT2D eigenvalue weighted by atomic mass is 10.0. The fraction of sp³-hybridized carbons (Fsp3) is 0.286. The molecule has 0 radical (unpaired) electrons. The molecule has 2 aromatic carbocycles. The van der Waals surface area contributed by atoms with Crippen LogP contribution in [0.3, 0.4) is 0 Å². The Balaban J connectivity index is 1.77. The molecule has 1 fully saturated rings. The maximum absolute atomic E-state index is 12.8. The standard InChI is InChI=1S/C21H22N2O4/c1-14-6-4-7-15(12-14)19(24)22-17-9-5-8-16(13-17)20(25)23-11-3-2-10-18(23)21(26)27/h4-9,12-13,18H,2-3,10-11H2,1H3,(H,22,24)(H,26,27). The van der Waals surface area contributed by atoms with Crippen LogP contribution in [0.15, 0.2) is 48.5 Å². The van der Waals surface area contributed by atoms with Crippen LogP contribution < -0.4 is 5.32 Å². The van der Waals surface area contributed by atoms with E-state index < -0.39 is 12.0 Å². The number of nitrogens with zero attached hydrogens (tertiary/aromatic N) is 1. The van der Waals surface area contributed by atoms with Crippen LogP contribution >= 0.6 is 0 Å². The van der Waals surface area contributed by atoms with Crippen molar-refractivity contribution in [2.24, 2.45) is 0 Å². The minimum absolute atomic E-state index is 0.260. The number of carboxylic acid groups (broad SMARTS) is 1. The Kier molecular flexibility index (Phi) is 5.54. The van der Waals surface area contributed by atoms with Gasteiger partial charge in [0, 0.05) is 23.4 Å². The van der Waals surface area contributed by atoms with Gasteiger partial charge in [0.05, 0.1) is 0 Å². The van der Waals surface area contributed by atoms with E-state index >= 15 is 0 Å². The molecule has 2 aromatic rings. The lowest BCUT2D eigenvalue weighted by Crippen LogP contribution is -2.48. The second kappa shape index (κ2) is 8.03. The SMILES string of the molecule is Cc1cccc(C(=O)Nc2cccc(C(=O)N3CCCCC3C(=O)O)c2)c1. The zero-order valence-corrected chi connectivity index (χ0v) is 15.1. The number of carbonyl (C=O) groups is 3. The van der Waals surface area contributed by atoms with Crippen molar-refractivity contribution in [3.8, 4) is 0 Å². The predicted octanol–water partition coefficient (Wildman–Crippen LogP) is 3.33. The monoisotopic (exact) mass is 366 g/mol. The number of aryl methyl sites for hydroxylation is 1. The molecule has 1 aliphatic rings. The number of carbonyl (C=O) groups excluding carboxylic acids is 2. The average Bonchev–Trinajstić information content (AvgIpc) is 2.67. The molecule has 6 heteroatoms. The second-order valence-electron chi connectivity index (χ2n) is 6.75. The van der Waals surface area contributed by atoms with Crippen molar-refractivity contribution in [1.29, 1.82) is 0 Å². The number of hydrogen-bond acceptors (Lipinski definition) is 3. The van der Waals surface area contributed by atoms with E-state index in [1.807, 2.05) is 19.1 Å². The van der Waals surface area contributed by atoms with E-state index in [9.17, 15) is 19.5 Å². The van der Waals surface area contributed by atoms with E-state index in [1.54, 1.807) is 36.4 Å². The zero-order valence-electron chi connectivity index (χ0n) is 15.1. The highest BCUT2D eigenvalue weighted by molar-refractivity contribution is 6.05. The van der Waals surface area contributed by atoms with Gasteiger partial charge in [-0.15, -0.1) is 0 Å². The minimum Gasteiger partial charge on any atom is -0.480 e. The summed E-state index contributed by atoms with van der Waals surface area (Å²) in [5.74, 6) is -1.56. The van der Waals surface area contributed by atoms with Gasteiger partial charge in [0.1, 0.15) is 6.04 Å². The van der Waals surface area contributed by atoms with Crippen molar-refractivity contribution in [3.63, 3.8) is 0 Å². The Labute approximate surface area is 157 Å². The molecule has 0 bridgehead atoms. The first-order valence-electron chi connectivity index (χ1n) is 8.97. The van der Waals surface area contributed by atoms with E-state index in [1.165, 1.54) is 4.90 Å². The minimum atomic E-state index is -0.980. The maximum Gasteiger partial charge on any atom is 0.326 e. The van der Waals surface area contributed by atoms with Crippen molar-refractivity contribution in [2.45, 2.75) is 32.2 Å². The van der Waals surface area contributed by atoms with Crippen LogP contribution in [0.2, 0.25) is 0 Å². The Hall–Kier alpha value is -3.15. The number of amides is 2. The second-order valence-corrected chi connectivity index (χ2v) is 6.75. The highest BCUT2D eigenvalue weighted by atomic mass is 16.4. The highest BCUT2D eigenvalue weighted by Gasteiger charge is 2.32. The Bertz CT molecular complexity index is 878. The molecule has 0 aromatic heterocycles. The van der Waals surface area contributed by atoms with Crippen molar-refractivity contribution in [2.75, 3.05) is 11.9 Å². The first kappa shape index (κ1) is 18.6. The van der Waals surface area contributed by atoms with Crippen molar-refractivity contribution in [3.05, 3.63) is 65.2 Å². The number of aliphatic carboxylic acids is 1. The zero-order chi connectivity index (χ0) is 19.4. The number of benzene rings is 2. The Morgan fingerprint density at radius 1 is 1.04 bits per heavy atom. The molecule has 27 heavy (non-hydrogen) atoms. The van der Waals surface area contributed by atoms with Gasteiger partial charge in [-0.05, 0) is 56.5 Å². The molecule has 1 atom stereocenters. The molecular formula is C21H22N2O4. The molecule has 140 valence electrons. The van der Waals surface area contributed by atoms with E-state index in [0.29, 0.717) is 29.8 Å². The molecule has 1 heterocycles. The smallest absolute Gasteiger partial charge is 0.326 e. The van der Waals surface area contributed by atoms with Gasteiger partial charge in [0.15, 0.2) is 0 Å². The van der Waals surface area contributed by atoms with E-state index in [-0.39, 0.29) is 11.8 Å². The molecule has 3 rings (SSSR count). The van der Waals surface area contributed by atoms with Gasteiger partial charge in [-0.3, -0.25) is 9.59 Å². The van der Waals surface area contributed by atoms with Gasteiger partial charge < -0.3 is 15.3 Å². The van der Waals surface area contributed by atoms with Gasteiger partial charge in [0.2, 0.25) is 0 Å². The summed E-state index contributed by atoms with van der Waals surface area (Å²) in [4.78, 5) is 38.1. The molecular weight excluding hydrogens is 344 g/mol. The molecule has 2 N–H and O–H groups in total. The summed E-state index contributed by atoms with van der Waals surface area (Å²) in [5, 5.41) is 12.2. The van der Waals surface area contributed by atoms with Gasteiger partial charge in [-0.2, -0.15) is 0 Å². The summed E-state index contributed by atoms with van der Waals surface area (Å²) >= 11 is 0. The highest BCUT2D eigenvalue weighted by Crippen LogP contribution is 2.21. The third-order valence-corrected chi connectivity index (χ3v) is 4.70. The van der Waals surface area contributed by atoms with Crippen molar-refractivity contribution in [1.82, 2.24) is 4.90 Å². The summed E-state index contributed by atoms with van der Waals surface area (Å²) in [6, 6.07) is 13.0. The molecule has 1 saturated heterocycles. The number of likely N-dealkylation sites (tertiary alicyclic amines) is 1. The summed E-state index contributed by atoms with van der Waals surface area (Å²) in [5.41, 5.74) is 2.38. The lowest BCUT2D eigenvalue weighted by molar-refractivity contribution is -0.143. The summed E-state index contributed by atoms with van der Waals surface area (Å²) in [6.45, 7) is 2.34. The first-order chi connectivity index (χ1) is 13.0. The average molecular weight is 366 g/mol. The fourth-order valence-electron chi connectivity index (χ4n) is 3.32. The molecule has 0 aliphatic carbocycles. The van der Waals surface area contributed by atoms with E-state index in [2.05, 4.69) is 5.32 Å². The molecule has 1 unspecified atom stereocenters. The fourth-order valence-corrected chi connectivity index (χ4v) is 3.32. The van der Waals surface area contributed by atoms with Crippen LogP contribution in [-0.2, 0) is 4.79 Å². The molecule has 0 saturated carbocycles. The van der Waals surface area contributed by atoms with Gasteiger partial charge >= 0.3 is 5.97 Å². The van der Waals surface area contributed by atoms with Crippen molar-refractivity contribution >= 4 is 23.5 Å². The number of anilines is 1. The summed E-state index contributed by atoms with van der Waals surface area (Å²) in [6.07, 6.45) is 2.05.